The van der Waals surface area contributed by atoms with Gasteiger partial charge in [0, 0.05) is 6.92 Å². The molecule has 0 aliphatic rings. The van der Waals surface area contributed by atoms with Crippen LogP contribution >= 0.6 is 11.6 Å². The summed E-state index contributed by atoms with van der Waals surface area (Å²) >= 11 is 5.60. The Morgan fingerprint density at radius 1 is 1.32 bits per heavy atom. The molecule has 0 fully saturated rings. The summed E-state index contributed by atoms with van der Waals surface area (Å²) in [6, 6.07) is 6.33. The Bertz CT molecular complexity index is 603. The fourth-order valence-electron chi connectivity index (χ4n) is 1.35. The molecule has 0 unspecified atom stereocenters. The van der Waals surface area contributed by atoms with Crippen LogP contribution in [0.2, 0.25) is 5.15 Å². The molecule has 0 saturated carbocycles. The van der Waals surface area contributed by atoms with Gasteiger partial charge in [0.1, 0.15) is 18.0 Å². The van der Waals surface area contributed by atoms with E-state index in [4.69, 9.17) is 16.3 Å². The molecule has 0 aliphatic heterocycles. The third kappa shape index (κ3) is 3.35. The Balaban J connectivity index is 2.15. The number of aromatic nitrogens is 3. The van der Waals surface area contributed by atoms with Gasteiger partial charge in [0.2, 0.25) is 5.75 Å². The lowest BCUT2D eigenvalue weighted by Gasteiger charge is -2.05. The van der Waals surface area contributed by atoms with Crippen LogP contribution in [0.5, 0.6) is 5.75 Å². The molecule has 0 N–H and O–H groups in total. The number of nitro groups is 1. The summed E-state index contributed by atoms with van der Waals surface area (Å²) in [6.07, 6.45) is 0. The van der Waals surface area contributed by atoms with E-state index in [0.717, 1.165) is 0 Å². The molecule has 2 heterocycles. The van der Waals surface area contributed by atoms with Gasteiger partial charge in [-0.15, -0.1) is 5.10 Å². The first-order chi connectivity index (χ1) is 9.06. The molecule has 0 aliphatic carbocycles. The van der Waals surface area contributed by atoms with Gasteiger partial charge in [-0.3, -0.25) is 0 Å². The lowest BCUT2D eigenvalue weighted by molar-refractivity contribution is -0.390. The highest BCUT2D eigenvalue weighted by molar-refractivity contribution is 6.29. The molecule has 0 amide bonds. The predicted octanol–water partition coefficient (Wildman–Crippen LogP) is 2.32. The van der Waals surface area contributed by atoms with E-state index in [2.05, 4.69) is 15.2 Å². The molecule has 0 aromatic carbocycles. The van der Waals surface area contributed by atoms with E-state index >= 15 is 0 Å². The number of nitrogens with zero attached hydrogens (tertiary/aromatic N) is 4. The van der Waals surface area contributed by atoms with Crippen molar-refractivity contribution in [2.45, 2.75) is 13.5 Å². The molecule has 19 heavy (non-hydrogen) atoms. The Hall–Kier alpha value is -2.28. The fourth-order valence-corrected chi connectivity index (χ4v) is 1.45. The SMILES string of the molecule is Cc1ccc(OCc2ccc(Cl)nn2)c([N+](=O)[O-])n1. The highest BCUT2D eigenvalue weighted by Crippen LogP contribution is 2.25. The summed E-state index contributed by atoms with van der Waals surface area (Å²) in [5, 5.41) is 18.6. The van der Waals surface area contributed by atoms with Gasteiger partial charge in [0.05, 0.1) is 0 Å². The Labute approximate surface area is 113 Å². The number of ether oxygens (including phenoxy) is 1. The van der Waals surface area contributed by atoms with Crippen LogP contribution in [-0.4, -0.2) is 20.1 Å². The van der Waals surface area contributed by atoms with Crippen LogP contribution in [0.15, 0.2) is 24.3 Å². The predicted molar refractivity (Wildman–Crippen MR) is 67.0 cm³/mol. The van der Waals surface area contributed by atoms with Crippen molar-refractivity contribution < 1.29 is 9.66 Å². The van der Waals surface area contributed by atoms with Gasteiger partial charge in [0.15, 0.2) is 5.15 Å². The van der Waals surface area contributed by atoms with Crippen LogP contribution in [0.3, 0.4) is 0 Å². The van der Waals surface area contributed by atoms with Crippen molar-refractivity contribution in [3.63, 3.8) is 0 Å². The van der Waals surface area contributed by atoms with Crippen molar-refractivity contribution in [2.24, 2.45) is 0 Å². The standard InChI is InChI=1S/C11H9ClN4O3/c1-7-2-4-9(11(13-7)16(17)18)19-6-8-3-5-10(12)15-14-8/h2-5H,6H2,1H3. The number of hydrogen-bond acceptors (Lipinski definition) is 6. The summed E-state index contributed by atoms with van der Waals surface area (Å²) in [4.78, 5) is 14.1. The van der Waals surface area contributed by atoms with Crippen molar-refractivity contribution in [1.82, 2.24) is 15.2 Å². The molecule has 0 spiro atoms. The molecule has 8 heteroatoms. The molecular formula is C11H9ClN4O3. The molecule has 0 bridgehead atoms. The Morgan fingerprint density at radius 2 is 2.11 bits per heavy atom. The molecule has 2 rings (SSSR count). The average Bonchev–Trinajstić information content (AvgIpc) is 2.39. The second-order valence-corrected chi connectivity index (χ2v) is 4.05. The molecule has 7 nitrogen and oxygen atoms in total. The highest BCUT2D eigenvalue weighted by atomic mass is 35.5. The second kappa shape index (κ2) is 5.57. The summed E-state index contributed by atoms with van der Waals surface area (Å²) < 4.78 is 5.33. The van der Waals surface area contributed by atoms with Crippen LogP contribution in [-0.2, 0) is 6.61 Å². The van der Waals surface area contributed by atoms with E-state index < -0.39 is 4.92 Å². The maximum absolute atomic E-state index is 10.8. The fraction of sp³-hybridized carbons (Fsp3) is 0.182. The molecular weight excluding hydrogens is 272 g/mol. The minimum Gasteiger partial charge on any atom is -0.479 e. The maximum Gasteiger partial charge on any atom is 0.406 e. The van der Waals surface area contributed by atoms with E-state index in [1.54, 1.807) is 25.1 Å². The molecule has 0 radical (unpaired) electrons. The third-order valence-electron chi connectivity index (χ3n) is 2.21. The number of rotatable bonds is 4. The molecule has 0 saturated heterocycles. The van der Waals surface area contributed by atoms with E-state index in [1.165, 1.54) is 6.07 Å². The number of aryl methyl sites for hydroxylation is 1. The van der Waals surface area contributed by atoms with E-state index in [0.29, 0.717) is 11.4 Å². The van der Waals surface area contributed by atoms with Crippen LogP contribution < -0.4 is 4.74 Å². The summed E-state index contributed by atoms with van der Waals surface area (Å²) in [7, 11) is 0. The highest BCUT2D eigenvalue weighted by Gasteiger charge is 2.17. The molecule has 2 aromatic heterocycles. The van der Waals surface area contributed by atoms with E-state index in [-0.39, 0.29) is 23.3 Å². The molecule has 98 valence electrons. The number of halogens is 1. The van der Waals surface area contributed by atoms with E-state index in [9.17, 15) is 10.1 Å². The first kappa shape index (κ1) is 13.2. The van der Waals surface area contributed by atoms with E-state index in [1.807, 2.05) is 0 Å². The zero-order valence-corrected chi connectivity index (χ0v) is 10.7. The number of pyridine rings is 1. The zero-order valence-electron chi connectivity index (χ0n) is 9.91. The quantitative estimate of drug-likeness (QED) is 0.630. The zero-order chi connectivity index (χ0) is 13.8. The molecule has 2 aromatic rings. The summed E-state index contributed by atoms with van der Waals surface area (Å²) in [6.45, 7) is 1.72. The largest absolute Gasteiger partial charge is 0.479 e. The van der Waals surface area contributed by atoms with Gasteiger partial charge in [-0.25, -0.2) is 0 Å². The van der Waals surface area contributed by atoms with Gasteiger partial charge in [0.25, 0.3) is 0 Å². The first-order valence-corrected chi connectivity index (χ1v) is 5.67. The van der Waals surface area contributed by atoms with Crippen molar-refractivity contribution in [1.29, 1.82) is 0 Å². The lowest BCUT2D eigenvalue weighted by atomic mass is 10.3. The van der Waals surface area contributed by atoms with Crippen LogP contribution in [0.4, 0.5) is 5.82 Å². The van der Waals surface area contributed by atoms with Crippen LogP contribution in [0.1, 0.15) is 11.4 Å². The monoisotopic (exact) mass is 280 g/mol. The minimum atomic E-state index is -0.587. The average molecular weight is 281 g/mol. The van der Waals surface area contributed by atoms with Gasteiger partial charge in [-0.1, -0.05) is 11.6 Å². The van der Waals surface area contributed by atoms with Crippen molar-refractivity contribution in [3.8, 4) is 5.75 Å². The number of hydrogen-bond donors (Lipinski definition) is 0. The van der Waals surface area contributed by atoms with Crippen molar-refractivity contribution in [3.05, 3.63) is 50.9 Å². The topological polar surface area (TPSA) is 91.0 Å². The van der Waals surface area contributed by atoms with Gasteiger partial charge in [-0.2, -0.15) is 5.10 Å². The van der Waals surface area contributed by atoms with Gasteiger partial charge in [-0.05, 0) is 34.2 Å². The Morgan fingerprint density at radius 3 is 2.74 bits per heavy atom. The lowest BCUT2D eigenvalue weighted by Crippen LogP contribution is -2.03. The second-order valence-electron chi connectivity index (χ2n) is 3.67. The third-order valence-corrected chi connectivity index (χ3v) is 2.42. The first-order valence-electron chi connectivity index (χ1n) is 5.29. The minimum absolute atomic E-state index is 0.0513. The summed E-state index contributed by atoms with van der Waals surface area (Å²) in [5.74, 6) is -0.228. The molecule has 0 atom stereocenters. The van der Waals surface area contributed by atoms with Gasteiger partial charge < -0.3 is 14.9 Å². The van der Waals surface area contributed by atoms with Crippen molar-refractivity contribution in [2.75, 3.05) is 0 Å². The normalized spacial score (nSPS) is 10.2. The maximum atomic E-state index is 10.8. The Kier molecular flexibility index (Phi) is 3.86. The van der Waals surface area contributed by atoms with Crippen molar-refractivity contribution >= 4 is 17.4 Å². The smallest absolute Gasteiger partial charge is 0.406 e. The summed E-state index contributed by atoms with van der Waals surface area (Å²) in [5.41, 5.74) is 1.06. The van der Waals surface area contributed by atoms with Crippen LogP contribution in [0, 0.1) is 17.0 Å². The van der Waals surface area contributed by atoms with Crippen LogP contribution in [0.25, 0.3) is 0 Å². The van der Waals surface area contributed by atoms with Gasteiger partial charge >= 0.3 is 5.82 Å².